The van der Waals surface area contributed by atoms with E-state index >= 15 is 0 Å². The average Bonchev–Trinajstić information content (AvgIpc) is 2.36. The van der Waals surface area contributed by atoms with Gasteiger partial charge in [0, 0.05) is 18.7 Å². The highest BCUT2D eigenvalue weighted by Gasteiger charge is 2.18. The molecule has 1 N–H and O–H groups in total. The molecule has 98 valence electrons. The van der Waals surface area contributed by atoms with Crippen LogP contribution in [0.3, 0.4) is 0 Å². The van der Waals surface area contributed by atoms with Crippen LogP contribution in [0.2, 0.25) is 0 Å². The number of hydrazine groups is 1. The molecule has 1 heterocycles. The molecule has 0 aromatic heterocycles. The van der Waals surface area contributed by atoms with E-state index in [-0.39, 0.29) is 5.56 Å². The zero-order chi connectivity index (χ0) is 13.1. The summed E-state index contributed by atoms with van der Waals surface area (Å²) < 4.78 is 43.7. The molecule has 1 aromatic carbocycles. The highest BCUT2D eigenvalue weighted by Crippen LogP contribution is 2.13. The van der Waals surface area contributed by atoms with Crippen molar-refractivity contribution >= 4 is 5.91 Å². The van der Waals surface area contributed by atoms with E-state index in [2.05, 4.69) is 5.43 Å². The van der Waals surface area contributed by atoms with Crippen LogP contribution >= 0.6 is 0 Å². The first-order valence-corrected chi connectivity index (χ1v) is 5.36. The van der Waals surface area contributed by atoms with Gasteiger partial charge in [0.25, 0.3) is 5.91 Å². The summed E-state index contributed by atoms with van der Waals surface area (Å²) in [6.07, 6.45) is 0. The molecule has 0 saturated carbocycles. The molecule has 4 nitrogen and oxygen atoms in total. The minimum Gasteiger partial charge on any atom is -0.379 e. The van der Waals surface area contributed by atoms with Crippen molar-refractivity contribution in [2.75, 3.05) is 26.3 Å². The van der Waals surface area contributed by atoms with Crippen LogP contribution in [-0.2, 0) is 4.74 Å². The maximum atomic E-state index is 13.0. The van der Waals surface area contributed by atoms with Gasteiger partial charge in [-0.1, -0.05) is 0 Å². The number of rotatable bonds is 2. The second-order valence-corrected chi connectivity index (χ2v) is 3.79. The Morgan fingerprint density at radius 2 is 1.72 bits per heavy atom. The number of morpholine rings is 1. The van der Waals surface area contributed by atoms with Gasteiger partial charge in [-0.05, 0) is 12.1 Å². The van der Waals surface area contributed by atoms with Crippen molar-refractivity contribution in [3.8, 4) is 0 Å². The number of hydrogen-bond donors (Lipinski definition) is 1. The van der Waals surface area contributed by atoms with Crippen LogP contribution in [-0.4, -0.2) is 37.2 Å². The van der Waals surface area contributed by atoms with Crippen LogP contribution in [0.15, 0.2) is 12.1 Å². The van der Waals surface area contributed by atoms with Gasteiger partial charge in [-0.2, -0.15) is 0 Å². The van der Waals surface area contributed by atoms with Crippen molar-refractivity contribution in [2.24, 2.45) is 0 Å². The predicted octanol–water partition coefficient (Wildman–Crippen LogP) is 1.08. The van der Waals surface area contributed by atoms with Gasteiger partial charge < -0.3 is 4.74 Å². The van der Waals surface area contributed by atoms with E-state index in [1.54, 1.807) is 5.01 Å². The minimum atomic E-state index is -1.59. The maximum Gasteiger partial charge on any atom is 0.265 e. The van der Waals surface area contributed by atoms with Gasteiger partial charge in [0.1, 0.15) is 0 Å². The van der Waals surface area contributed by atoms with Crippen LogP contribution < -0.4 is 5.43 Å². The Balaban J connectivity index is 2.08. The van der Waals surface area contributed by atoms with E-state index in [0.29, 0.717) is 38.4 Å². The fourth-order valence-electron chi connectivity index (χ4n) is 1.57. The van der Waals surface area contributed by atoms with Crippen molar-refractivity contribution < 1.29 is 22.7 Å². The molecule has 1 saturated heterocycles. The topological polar surface area (TPSA) is 41.6 Å². The zero-order valence-corrected chi connectivity index (χ0v) is 9.38. The Hall–Kier alpha value is -1.60. The van der Waals surface area contributed by atoms with Crippen LogP contribution in [0.1, 0.15) is 10.4 Å². The van der Waals surface area contributed by atoms with Gasteiger partial charge in [-0.3, -0.25) is 10.2 Å². The monoisotopic (exact) mass is 260 g/mol. The van der Waals surface area contributed by atoms with Crippen molar-refractivity contribution in [2.45, 2.75) is 0 Å². The fraction of sp³-hybridized carbons (Fsp3) is 0.364. The second-order valence-electron chi connectivity index (χ2n) is 3.79. The number of carbonyl (C=O) groups is 1. The third kappa shape index (κ3) is 2.80. The second kappa shape index (κ2) is 5.36. The maximum absolute atomic E-state index is 13.0. The van der Waals surface area contributed by atoms with Crippen molar-refractivity contribution in [3.63, 3.8) is 0 Å². The molecular formula is C11H11F3N2O2. The molecule has 0 radical (unpaired) electrons. The minimum absolute atomic E-state index is 0.266. The summed E-state index contributed by atoms with van der Waals surface area (Å²) in [5, 5.41) is 1.57. The lowest BCUT2D eigenvalue weighted by molar-refractivity contribution is 0.0126. The summed E-state index contributed by atoms with van der Waals surface area (Å²) >= 11 is 0. The first kappa shape index (κ1) is 12.8. The van der Waals surface area contributed by atoms with E-state index in [4.69, 9.17) is 4.74 Å². The Morgan fingerprint density at radius 1 is 1.17 bits per heavy atom. The molecule has 18 heavy (non-hydrogen) atoms. The van der Waals surface area contributed by atoms with Crippen LogP contribution in [0.4, 0.5) is 13.2 Å². The summed E-state index contributed by atoms with van der Waals surface area (Å²) in [5.41, 5.74) is 2.20. The molecule has 1 amide bonds. The van der Waals surface area contributed by atoms with Gasteiger partial charge in [0.2, 0.25) is 0 Å². The van der Waals surface area contributed by atoms with E-state index in [0.717, 1.165) is 0 Å². The summed E-state index contributed by atoms with van der Waals surface area (Å²) in [6, 6.07) is 1.32. The van der Waals surface area contributed by atoms with Crippen molar-refractivity contribution in [1.29, 1.82) is 0 Å². The number of nitrogens with one attached hydrogen (secondary N) is 1. The molecule has 0 bridgehead atoms. The Kier molecular flexibility index (Phi) is 3.83. The quantitative estimate of drug-likeness (QED) is 0.809. The number of nitrogens with zero attached hydrogens (tertiary/aromatic N) is 1. The van der Waals surface area contributed by atoms with Gasteiger partial charge in [0.15, 0.2) is 17.5 Å². The largest absolute Gasteiger partial charge is 0.379 e. The predicted molar refractivity (Wildman–Crippen MR) is 56.2 cm³/mol. The summed E-state index contributed by atoms with van der Waals surface area (Å²) in [5.74, 6) is -5.04. The molecule has 0 spiro atoms. The third-order valence-corrected chi connectivity index (χ3v) is 2.52. The fourth-order valence-corrected chi connectivity index (χ4v) is 1.57. The SMILES string of the molecule is O=C(NN1CCOCC1)c1cc(F)c(F)c(F)c1. The van der Waals surface area contributed by atoms with Crippen molar-refractivity contribution in [3.05, 3.63) is 35.1 Å². The number of benzene rings is 1. The van der Waals surface area contributed by atoms with Gasteiger partial charge >= 0.3 is 0 Å². The van der Waals surface area contributed by atoms with E-state index in [1.807, 2.05) is 0 Å². The Bertz CT molecular complexity index is 439. The van der Waals surface area contributed by atoms with Crippen LogP contribution in [0.25, 0.3) is 0 Å². The van der Waals surface area contributed by atoms with Crippen LogP contribution in [0, 0.1) is 17.5 Å². The molecular weight excluding hydrogens is 249 g/mol. The summed E-state index contributed by atoms with van der Waals surface area (Å²) in [7, 11) is 0. The molecule has 0 atom stereocenters. The van der Waals surface area contributed by atoms with Crippen molar-refractivity contribution in [1.82, 2.24) is 10.4 Å². The molecule has 0 unspecified atom stereocenters. The van der Waals surface area contributed by atoms with Gasteiger partial charge in [-0.25, -0.2) is 18.2 Å². The Labute approximate surface area is 101 Å². The normalized spacial score (nSPS) is 16.6. The molecule has 0 aliphatic carbocycles. The average molecular weight is 260 g/mol. The smallest absolute Gasteiger partial charge is 0.265 e. The number of ether oxygens (including phenoxy) is 1. The number of halogens is 3. The molecule has 1 aliphatic heterocycles. The van der Waals surface area contributed by atoms with Crippen LogP contribution in [0.5, 0.6) is 0 Å². The first-order valence-electron chi connectivity index (χ1n) is 5.36. The molecule has 2 rings (SSSR count). The van der Waals surface area contributed by atoms with Gasteiger partial charge in [-0.15, -0.1) is 0 Å². The lowest BCUT2D eigenvalue weighted by atomic mass is 10.2. The number of carbonyl (C=O) groups excluding carboxylic acids is 1. The molecule has 1 aliphatic rings. The number of amides is 1. The lowest BCUT2D eigenvalue weighted by Gasteiger charge is -2.26. The van der Waals surface area contributed by atoms with E-state index in [9.17, 15) is 18.0 Å². The molecule has 7 heteroatoms. The third-order valence-electron chi connectivity index (χ3n) is 2.52. The first-order chi connectivity index (χ1) is 8.58. The van der Waals surface area contributed by atoms with E-state index in [1.165, 1.54) is 0 Å². The lowest BCUT2D eigenvalue weighted by Crippen LogP contribution is -2.48. The highest BCUT2D eigenvalue weighted by molar-refractivity contribution is 5.93. The Morgan fingerprint density at radius 3 is 2.28 bits per heavy atom. The zero-order valence-electron chi connectivity index (χ0n) is 9.38. The standard InChI is InChI=1S/C11H11F3N2O2/c12-8-5-7(6-9(13)10(8)14)11(17)15-16-1-3-18-4-2-16/h5-6H,1-4H2,(H,15,17). The molecule has 1 fully saturated rings. The highest BCUT2D eigenvalue weighted by atomic mass is 19.2. The number of hydrogen-bond acceptors (Lipinski definition) is 3. The summed E-state index contributed by atoms with van der Waals surface area (Å²) in [4.78, 5) is 11.7. The van der Waals surface area contributed by atoms with E-state index < -0.39 is 23.4 Å². The molecule has 1 aromatic rings. The van der Waals surface area contributed by atoms with Gasteiger partial charge in [0.05, 0.1) is 13.2 Å². The summed E-state index contributed by atoms with van der Waals surface area (Å²) in [6.45, 7) is 1.90.